The summed E-state index contributed by atoms with van der Waals surface area (Å²) in [5.41, 5.74) is 0.588. The van der Waals surface area contributed by atoms with Gasteiger partial charge in [-0.2, -0.15) is 22.2 Å². The maximum absolute atomic E-state index is 6.00. The number of hydrogen-bond acceptors (Lipinski definition) is 0. The van der Waals surface area contributed by atoms with E-state index in [9.17, 15) is 0 Å². The summed E-state index contributed by atoms with van der Waals surface area (Å²) in [6, 6.07) is 0. The molecule has 0 nitrogen and oxygen atoms in total. The third kappa shape index (κ3) is 17.2. The first-order valence-electron chi connectivity index (χ1n) is 9.96. The molecule has 134 valence electrons. The van der Waals surface area contributed by atoms with Crippen molar-refractivity contribution in [2.45, 2.75) is 122 Å². The Morgan fingerprint density at radius 1 is 0.591 bits per heavy atom. The van der Waals surface area contributed by atoms with Crippen molar-refractivity contribution in [1.82, 2.24) is 0 Å². The summed E-state index contributed by atoms with van der Waals surface area (Å²) >= 11 is 12.0. The second-order valence-electron chi connectivity index (χ2n) is 7.05. The van der Waals surface area contributed by atoms with Gasteiger partial charge in [0.15, 0.2) is 0 Å². The lowest BCUT2D eigenvalue weighted by molar-refractivity contribution is 0.528. The Bertz CT molecular complexity index is 210. The quantitative estimate of drug-likeness (QED) is 0.138. The molecule has 1 atom stereocenters. The average molecular weight is 368 g/mol. The van der Waals surface area contributed by atoms with Crippen LogP contribution in [0.15, 0.2) is 0 Å². The summed E-state index contributed by atoms with van der Waals surface area (Å²) in [6.07, 6.45) is 22.7. The van der Waals surface area contributed by atoms with Crippen LogP contribution in [-0.4, -0.2) is 7.42 Å². The van der Waals surface area contributed by atoms with Crippen LogP contribution >= 0.6 is 22.2 Å². The fourth-order valence-corrected chi connectivity index (χ4v) is 4.21. The van der Waals surface area contributed by atoms with Gasteiger partial charge in [0.25, 0.3) is 0 Å². The molecule has 0 saturated heterocycles. The van der Waals surface area contributed by atoms with E-state index in [4.69, 9.17) is 22.2 Å². The number of halogens is 2. The zero-order chi connectivity index (χ0) is 16.5. The van der Waals surface area contributed by atoms with Crippen LogP contribution in [0.5, 0.6) is 0 Å². The molecular formula is C19H40Cl2Si. The summed E-state index contributed by atoms with van der Waals surface area (Å²) in [6.45, 7) is 4.50. The fraction of sp³-hybridized carbons (Fsp3) is 1.00. The monoisotopic (exact) mass is 366 g/mol. The highest BCUT2D eigenvalue weighted by atomic mass is 35.7. The molecule has 0 aromatic rings. The highest BCUT2D eigenvalue weighted by Gasteiger charge is 2.12. The molecular weight excluding hydrogens is 327 g/mol. The van der Waals surface area contributed by atoms with Gasteiger partial charge in [-0.1, -0.05) is 117 Å². The van der Waals surface area contributed by atoms with Crippen LogP contribution in [0.2, 0.25) is 5.54 Å². The van der Waals surface area contributed by atoms with Gasteiger partial charge in [-0.15, -0.1) is 0 Å². The molecule has 0 bridgehead atoms. The van der Waals surface area contributed by atoms with Crippen LogP contribution in [0, 0.1) is 0 Å². The molecule has 0 N–H and O–H groups in total. The summed E-state index contributed by atoms with van der Waals surface area (Å²) in [4.78, 5) is 0. The Hall–Kier alpha value is 0.797. The molecule has 0 fully saturated rings. The zero-order valence-corrected chi connectivity index (χ0v) is 17.9. The molecule has 0 rings (SSSR count). The van der Waals surface area contributed by atoms with E-state index < -0.39 is 7.42 Å². The van der Waals surface area contributed by atoms with Crippen LogP contribution < -0.4 is 0 Å². The molecule has 0 amide bonds. The summed E-state index contributed by atoms with van der Waals surface area (Å²) < 4.78 is 0. The summed E-state index contributed by atoms with van der Waals surface area (Å²) in [5.74, 6) is 0. The van der Waals surface area contributed by atoms with Crippen molar-refractivity contribution < 1.29 is 0 Å². The Kier molecular flexibility index (Phi) is 18.8. The normalized spacial score (nSPS) is 13.0. The maximum Gasteiger partial charge on any atom is 0.239 e. The Morgan fingerprint density at radius 2 is 0.909 bits per heavy atom. The molecule has 1 unspecified atom stereocenters. The lowest BCUT2D eigenvalue weighted by Crippen LogP contribution is -2.02. The molecule has 0 heterocycles. The van der Waals surface area contributed by atoms with Gasteiger partial charge >= 0.3 is 0 Å². The Morgan fingerprint density at radius 3 is 1.23 bits per heavy atom. The summed E-state index contributed by atoms with van der Waals surface area (Å²) in [5, 5.41) is 0. The van der Waals surface area contributed by atoms with Gasteiger partial charge in [0.05, 0.1) is 0 Å². The minimum atomic E-state index is -1.41. The van der Waals surface area contributed by atoms with Crippen molar-refractivity contribution in [2.75, 3.05) is 0 Å². The molecule has 3 heteroatoms. The van der Waals surface area contributed by atoms with E-state index >= 15 is 0 Å². The van der Waals surface area contributed by atoms with Gasteiger partial charge in [0.1, 0.15) is 0 Å². The predicted molar refractivity (Wildman–Crippen MR) is 108 cm³/mol. The van der Waals surface area contributed by atoms with Gasteiger partial charge < -0.3 is 0 Å². The predicted octanol–water partition coefficient (Wildman–Crippen LogP) is 8.34. The van der Waals surface area contributed by atoms with Gasteiger partial charge in [-0.3, -0.25) is 0 Å². The molecule has 0 radical (unpaired) electrons. The number of rotatable bonds is 17. The van der Waals surface area contributed by atoms with Crippen LogP contribution in [0.1, 0.15) is 117 Å². The van der Waals surface area contributed by atoms with Crippen molar-refractivity contribution in [1.29, 1.82) is 0 Å². The van der Waals surface area contributed by atoms with Gasteiger partial charge in [-0.25, -0.2) is 0 Å². The van der Waals surface area contributed by atoms with Crippen molar-refractivity contribution in [3.05, 3.63) is 0 Å². The maximum atomic E-state index is 6.00. The number of unbranched alkanes of at least 4 members (excludes halogenated alkanes) is 14. The van der Waals surface area contributed by atoms with Gasteiger partial charge in [0.2, 0.25) is 7.42 Å². The lowest BCUT2D eigenvalue weighted by Gasteiger charge is -2.09. The minimum Gasteiger partial charge on any atom is -0.150 e. The highest BCUT2D eigenvalue weighted by molar-refractivity contribution is 7.34. The van der Waals surface area contributed by atoms with Crippen LogP contribution in [0.25, 0.3) is 0 Å². The average Bonchev–Trinajstić information content (AvgIpc) is 2.50. The highest BCUT2D eigenvalue weighted by Crippen LogP contribution is 2.23. The van der Waals surface area contributed by atoms with E-state index in [0.29, 0.717) is 5.54 Å². The number of hydrogen-bond donors (Lipinski definition) is 0. The van der Waals surface area contributed by atoms with E-state index in [1.54, 1.807) is 0 Å². The first-order valence-corrected chi connectivity index (χ1v) is 14.1. The molecule has 0 aromatic heterocycles. The van der Waals surface area contributed by atoms with Gasteiger partial charge in [0, 0.05) is 0 Å². The fourth-order valence-electron chi connectivity index (χ4n) is 2.96. The second-order valence-corrected chi connectivity index (χ2v) is 12.3. The van der Waals surface area contributed by atoms with E-state index in [0.717, 1.165) is 0 Å². The van der Waals surface area contributed by atoms with Crippen LogP contribution in [-0.2, 0) is 0 Å². The van der Waals surface area contributed by atoms with Crippen molar-refractivity contribution in [3.63, 3.8) is 0 Å². The van der Waals surface area contributed by atoms with Crippen LogP contribution in [0.3, 0.4) is 0 Å². The standard InChI is InChI=1S/C19H40Cl2Si/c1-3-4-5-6-7-8-9-10-11-12-13-14-15-16-17-18-19(2)22(20)21/h19,22H,3-18H2,1-2H3. The van der Waals surface area contributed by atoms with Crippen LogP contribution in [0.4, 0.5) is 0 Å². The second kappa shape index (κ2) is 18.1. The molecule has 0 spiro atoms. The van der Waals surface area contributed by atoms with Crippen molar-refractivity contribution >= 4 is 29.6 Å². The third-order valence-corrected chi connectivity index (χ3v) is 8.47. The largest absolute Gasteiger partial charge is 0.239 e. The lowest BCUT2D eigenvalue weighted by atomic mass is 10.0. The topological polar surface area (TPSA) is 0 Å². The Balaban J connectivity index is 3.03. The third-order valence-electron chi connectivity index (χ3n) is 4.69. The first kappa shape index (κ1) is 22.8. The molecule has 0 saturated carbocycles. The Labute approximate surface area is 151 Å². The van der Waals surface area contributed by atoms with E-state index in [1.165, 1.54) is 103 Å². The van der Waals surface area contributed by atoms with Crippen molar-refractivity contribution in [2.24, 2.45) is 0 Å². The minimum absolute atomic E-state index is 0.588. The van der Waals surface area contributed by atoms with E-state index in [-0.39, 0.29) is 0 Å². The smallest absolute Gasteiger partial charge is 0.150 e. The van der Waals surface area contributed by atoms with Gasteiger partial charge in [-0.05, 0) is 5.54 Å². The SMILES string of the molecule is CCCCCCCCCCCCCCCCCC(C)[SiH](Cl)Cl. The molecule has 0 aliphatic heterocycles. The first-order chi connectivity index (χ1) is 10.7. The van der Waals surface area contributed by atoms with Crippen molar-refractivity contribution in [3.8, 4) is 0 Å². The summed E-state index contributed by atoms with van der Waals surface area (Å²) in [7, 11) is -1.41. The zero-order valence-electron chi connectivity index (χ0n) is 15.2. The van der Waals surface area contributed by atoms with E-state index in [2.05, 4.69) is 13.8 Å². The van der Waals surface area contributed by atoms with E-state index in [1.807, 2.05) is 0 Å². The molecule has 0 aliphatic carbocycles. The molecule has 0 aromatic carbocycles. The molecule has 0 aliphatic rings. The molecule has 22 heavy (non-hydrogen) atoms.